The molecule has 2 aromatic carbocycles. The van der Waals surface area contributed by atoms with Crippen molar-refractivity contribution < 1.29 is 0 Å². The van der Waals surface area contributed by atoms with Gasteiger partial charge in [0.2, 0.25) is 0 Å². The summed E-state index contributed by atoms with van der Waals surface area (Å²) >= 11 is 0. The van der Waals surface area contributed by atoms with Crippen LogP contribution in [0.4, 0.5) is 11.4 Å². The van der Waals surface area contributed by atoms with E-state index in [1.54, 1.807) is 0 Å². The molecule has 0 aliphatic carbocycles. The van der Waals surface area contributed by atoms with E-state index in [9.17, 15) is 0 Å². The van der Waals surface area contributed by atoms with Crippen LogP contribution in [0.1, 0.15) is 11.1 Å². The summed E-state index contributed by atoms with van der Waals surface area (Å²) in [4.78, 5) is 5.08. The Morgan fingerprint density at radius 1 is 0.636 bits per heavy atom. The van der Waals surface area contributed by atoms with Crippen molar-refractivity contribution in [2.24, 2.45) is 0 Å². The Balaban J connectivity index is 0.000000882. The highest BCUT2D eigenvalue weighted by Crippen LogP contribution is 2.29. The molecule has 4 heteroatoms. The smallest absolute Gasteiger partial charge is 0.0400 e. The van der Waals surface area contributed by atoms with Gasteiger partial charge in [-0.1, -0.05) is 36.4 Å². The van der Waals surface area contributed by atoms with E-state index in [2.05, 4.69) is 58.3 Å². The Hall–Kier alpha value is -1.38. The summed E-state index contributed by atoms with van der Waals surface area (Å²) in [6.07, 6.45) is 2.40. The molecular weight excluding hydrogens is 315 g/mol. The van der Waals surface area contributed by atoms with Crippen LogP contribution >= 0.6 is 24.8 Å². The third kappa shape index (κ3) is 3.04. The predicted molar refractivity (Wildman–Crippen MR) is 99.2 cm³/mol. The molecule has 0 amide bonds. The lowest BCUT2D eigenvalue weighted by Crippen LogP contribution is -2.33. The fourth-order valence-corrected chi connectivity index (χ4v) is 3.52. The van der Waals surface area contributed by atoms with Crippen LogP contribution in [0, 0.1) is 0 Å². The van der Waals surface area contributed by atoms with E-state index in [1.807, 2.05) is 0 Å². The molecule has 2 aliphatic heterocycles. The summed E-state index contributed by atoms with van der Waals surface area (Å²) in [5.74, 6) is 0. The molecule has 0 saturated carbocycles. The Bertz CT molecular complexity index is 574. The molecule has 22 heavy (non-hydrogen) atoms. The zero-order chi connectivity index (χ0) is 13.4. The van der Waals surface area contributed by atoms with Crippen molar-refractivity contribution in [1.29, 1.82) is 0 Å². The highest BCUT2D eigenvalue weighted by molar-refractivity contribution is 5.85. The molecule has 0 bridgehead atoms. The second-order valence-electron chi connectivity index (χ2n) is 5.73. The lowest BCUT2D eigenvalue weighted by Gasteiger charge is -2.25. The van der Waals surface area contributed by atoms with Crippen LogP contribution in [0.3, 0.4) is 0 Å². The zero-order valence-corrected chi connectivity index (χ0v) is 14.2. The van der Waals surface area contributed by atoms with Gasteiger partial charge in [0.15, 0.2) is 0 Å². The molecule has 2 heterocycles. The Morgan fingerprint density at radius 2 is 1.05 bits per heavy atom. The van der Waals surface area contributed by atoms with Gasteiger partial charge in [0.25, 0.3) is 0 Å². The third-order valence-electron chi connectivity index (χ3n) is 4.61. The minimum Gasteiger partial charge on any atom is -0.369 e. The van der Waals surface area contributed by atoms with Crippen LogP contribution in [0.2, 0.25) is 0 Å². The van der Waals surface area contributed by atoms with E-state index >= 15 is 0 Å². The lowest BCUT2D eigenvalue weighted by atomic mass is 10.2. The van der Waals surface area contributed by atoms with Gasteiger partial charge in [0.05, 0.1) is 0 Å². The standard InChI is InChI=1S/C18H20N2.2ClH/c1-3-7-17-15(5-1)9-11-19(17)13-14-20-12-10-16-6-2-4-8-18(16)20;;/h1-8H,9-14H2;2*1H. The van der Waals surface area contributed by atoms with Crippen molar-refractivity contribution in [2.75, 3.05) is 36.0 Å². The number of nitrogens with zero attached hydrogens (tertiary/aromatic N) is 2. The van der Waals surface area contributed by atoms with Gasteiger partial charge in [0, 0.05) is 37.6 Å². The van der Waals surface area contributed by atoms with E-state index in [1.165, 1.54) is 48.4 Å². The molecule has 0 saturated heterocycles. The molecule has 4 rings (SSSR count). The first-order valence-corrected chi connectivity index (χ1v) is 7.57. The maximum absolute atomic E-state index is 2.54. The number of para-hydroxylation sites is 2. The summed E-state index contributed by atoms with van der Waals surface area (Å²) in [5.41, 5.74) is 5.91. The van der Waals surface area contributed by atoms with Crippen LogP contribution < -0.4 is 9.80 Å². The average molecular weight is 337 g/mol. The first-order chi connectivity index (χ1) is 9.92. The minimum absolute atomic E-state index is 0. The van der Waals surface area contributed by atoms with Crippen molar-refractivity contribution in [2.45, 2.75) is 12.8 Å². The van der Waals surface area contributed by atoms with Crippen molar-refractivity contribution in [3.8, 4) is 0 Å². The maximum atomic E-state index is 2.54. The summed E-state index contributed by atoms with van der Waals surface area (Å²) in [5, 5.41) is 0. The first kappa shape index (κ1) is 17.0. The number of hydrogen-bond donors (Lipinski definition) is 0. The molecule has 0 spiro atoms. The van der Waals surface area contributed by atoms with Gasteiger partial charge < -0.3 is 9.80 Å². The second-order valence-corrected chi connectivity index (χ2v) is 5.73. The summed E-state index contributed by atoms with van der Waals surface area (Å²) in [6.45, 7) is 4.61. The van der Waals surface area contributed by atoms with Gasteiger partial charge in [-0.3, -0.25) is 0 Å². The van der Waals surface area contributed by atoms with E-state index in [-0.39, 0.29) is 24.8 Å². The van der Waals surface area contributed by atoms with Gasteiger partial charge in [-0.05, 0) is 36.1 Å². The number of benzene rings is 2. The zero-order valence-electron chi connectivity index (χ0n) is 12.6. The molecular formula is C18H22Cl2N2. The second kappa shape index (κ2) is 7.26. The van der Waals surface area contributed by atoms with Crippen LogP contribution in [-0.4, -0.2) is 26.2 Å². The van der Waals surface area contributed by atoms with Crippen molar-refractivity contribution in [3.05, 3.63) is 59.7 Å². The van der Waals surface area contributed by atoms with Gasteiger partial charge in [-0.25, -0.2) is 0 Å². The molecule has 0 N–H and O–H groups in total. The van der Waals surface area contributed by atoms with E-state index < -0.39 is 0 Å². The first-order valence-electron chi connectivity index (χ1n) is 7.57. The summed E-state index contributed by atoms with van der Waals surface area (Å²) < 4.78 is 0. The summed E-state index contributed by atoms with van der Waals surface area (Å²) in [6, 6.07) is 17.7. The third-order valence-corrected chi connectivity index (χ3v) is 4.61. The number of rotatable bonds is 3. The predicted octanol–water partition coefficient (Wildman–Crippen LogP) is 3.96. The monoisotopic (exact) mass is 336 g/mol. The number of halogens is 2. The molecule has 0 fully saturated rings. The van der Waals surface area contributed by atoms with Crippen molar-refractivity contribution in [3.63, 3.8) is 0 Å². The van der Waals surface area contributed by atoms with Crippen LogP contribution in [0.15, 0.2) is 48.5 Å². The molecule has 2 aromatic rings. The van der Waals surface area contributed by atoms with Crippen LogP contribution in [-0.2, 0) is 12.8 Å². The summed E-state index contributed by atoms with van der Waals surface area (Å²) in [7, 11) is 0. The van der Waals surface area contributed by atoms with Gasteiger partial charge in [0.1, 0.15) is 0 Å². The normalized spacial score (nSPS) is 14.9. The molecule has 0 atom stereocenters. The van der Waals surface area contributed by atoms with Gasteiger partial charge in [-0.2, -0.15) is 0 Å². The quantitative estimate of drug-likeness (QED) is 0.837. The molecule has 0 aromatic heterocycles. The molecule has 2 nitrogen and oxygen atoms in total. The molecule has 0 unspecified atom stereocenters. The highest BCUT2D eigenvalue weighted by atomic mass is 35.5. The topological polar surface area (TPSA) is 6.48 Å². The van der Waals surface area contributed by atoms with E-state index in [0.717, 1.165) is 13.1 Å². The Morgan fingerprint density at radius 3 is 1.50 bits per heavy atom. The van der Waals surface area contributed by atoms with E-state index in [0.29, 0.717) is 0 Å². The van der Waals surface area contributed by atoms with Crippen molar-refractivity contribution in [1.82, 2.24) is 0 Å². The van der Waals surface area contributed by atoms with Crippen molar-refractivity contribution >= 4 is 36.2 Å². The van der Waals surface area contributed by atoms with Gasteiger partial charge >= 0.3 is 0 Å². The van der Waals surface area contributed by atoms with Gasteiger partial charge in [-0.15, -0.1) is 24.8 Å². The fourth-order valence-electron chi connectivity index (χ4n) is 3.52. The number of fused-ring (bicyclic) bond motifs is 2. The average Bonchev–Trinajstić information content (AvgIpc) is 3.09. The molecule has 118 valence electrons. The lowest BCUT2D eigenvalue weighted by molar-refractivity contribution is 0.761. The van der Waals surface area contributed by atoms with Crippen LogP contribution in [0.5, 0.6) is 0 Å². The number of hydrogen-bond acceptors (Lipinski definition) is 2. The molecule has 0 radical (unpaired) electrons. The maximum Gasteiger partial charge on any atom is 0.0400 e. The van der Waals surface area contributed by atoms with E-state index in [4.69, 9.17) is 0 Å². The number of anilines is 2. The Labute approximate surface area is 144 Å². The Kier molecular flexibility index (Phi) is 5.60. The minimum atomic E-state index is 0. The fraction of sp³-hybridized carbons (Fsp3) is 0.333. The largest absolute Gasteiger partial charge is 0.369 e. The highest BCUT2D eigenvalue weighted by Gasteiger charge is 2.21. The SMILES string of the molecule is Cl.Cl.c1ccc2c(c1)CCN2CCN1CCc2ccccc21. The molecule has 2 aliphatic rings. The van der Waals surface area contributed by atoms with Crippen LogP contribution in [0.25, 0.3) is 0 Å².